The van der Waals surface area contributed by atoms with E-state index in [1.54, 1.807) is 18.5 Å². The minimum absolute atomic E-state index is 0.0957. The number of anilines is 1. The van der Waals surface area contributed by atoms with Crippen LogP contribution < -0.4 is 5.32 Å². The summed E-state index contributed by atoms with van der Waals surface area (Å²) in [6, 6.07) is 11.3. The number of carbonyl (C=O) groups excluding carboxylic acids is 2. The number of fused-ring (bicyclic) bond motifs is 2. The molecule has 0 unspecified atom stereocenters. The Bertz CT molecular complexity index is 1070. The number of pyridine rings is 1. The highest BCUT2D eigenvalue weighted by Crippen LogP contribution is 2.48. The number of rotatable bonds is 3. The summed E-state index contributed by atoms with van der Waals surface area (Å²) < 4.78 is 10.8. The van der Waals surface area contributed by atoms with E-state index in [4.69, 9.17) is 9.26 Å². The molecule has 29 heavy (non-hydrogen) atoms. The number of nitrogens with zero attached hydrogens (tertiary/aromatic N) is 2. The fourth-order valence-electron chi connectivity index (χ4n) is 4.31. The zero-order valence-electron chi connectivity index (χ0n) is 15.6. The van der Waals surface area contributed by atoms with E-state index in [0.717, 1.165) is 16.7 Å². The molecule has 2 aliphatic rings. The van der Waals surface area contributed by atoms with Gasteiger partial charge >= 0.3 is 5.97 Å². The Morgan fingerprint density at radius 3 is 2.69 bits per heavy atom. The molecule has 1 amide bonds. The van der Waals surface area contributed by atoms with E-state index in [1.165, 1.54) is 6.26 Å². The number of esters is 1. The van der Waals surface area contributed by atoms with Gasteiger partial charge in [0.15, 0.2) is 5.82 Å². The number of nitrogens with one attached hydrogen (secondary N) is 1. The van der Waals surface area contributed by atoms with Crippen molar-refractivity contribution in [1.82, 2.24) is 10.1 Å². The van der Waals surface area contributed by atoms with Crippen molar-refractivity contribution < 1.29 is 18.8 Å². The zero-order valence-corrected chi connectivity index (χ0v) is 15.6. The third-order valence-corrected chi connectivity index (χ3v) is 5.88. The van der Waals surface area contributed by atoms with Gasteiger partial charge in [0.2, 0.25) is 5.91 Å². The Morgan fingerprint density at radius 1 is 1.10 bits per heavy atom. The fraction of sp³-hybridized carbons (Fsp3) is 0.273. The van der Waals surface area contributed by atoms with Crippen molar-refractivity contribution in [2.45, 2.75) is 31.3 Å². The fourth-order valence-corrected chi connectivity index (χ4v) is 4.31. The second-order valence-electron chi connectivity index (χ2n) is 7.51. The molecule has 1 saturated carbocycles. The maximum atomic E-state index is 12.8. The van der Waals surface area contributed by atoms with E-state index in [9.17, 15) is 9.59 Å². The third-order valence-electron chi connectivity index (χ3n) is 5.88. The number of aromatic nitrogens is 2. The Kier molecular flexibility index (Phi) is 4.16. The summed E-state index contributed by atoms with van der Waals surface area (Å²) in [7, 11) is 0. The zero-order chi connectivity index (χ0) is 19.8. The minimum Gasteiger partial charge on any atom is -0.450 e. The molecule has 0 bridgehead atoms. The maximum absolute atomic E-state index is 12.8. The van der Waals surface area contributed by atoms with E-state index in [1.807, 2.05) is 30.3 Å². The molecule has 7 nitrogen and oxygen atoms in total. The topological polar surface area (TPSA) is 94.3 Å². The minimum atomic E-state index is -0.652. The van der Waals surface area contributed by atoms with E-state index < -0.39 is 5.60 Å². The van der Waals surface area contributed by atoms with E-state index in [0.29, 0.717) is 37.1 Å². The summed E-state index contributed by atoms with van der Waals surface area (Å²) in [5, 5.41) is 6.86. The summed E-state index contributed by atoms with van der Waals surface area (Å²) >= 11 is 0. The molecule has 1 spiro atoms. The van der Waals surface area contributed by atoms with Crippen LogP contribution in [0.4, 0.5) is 5.82 Å². The van der Waals surface area contributed by atoms with Gasteiger partial charge in [0.25, 0.3) is 0 Å². The molecule has 1 aliphatic heterocycles. The van der Waals surface area contributed by atoms with Crippen LogP contribution in [0, 0.1) is 5.92 Å². The smallest absolute Gasteiger partial charge is 0.339 e. The lowest BCUT2D eigenvalue weighted by Gasteiger charge is -2.35. The van der Waals surface area contributed by atoms with Gasteiger partial charge in [0, 0.05) is 23.9 Å². The van der Waals surface area contributed by atoms with Crippen molar-refractivity contribution in [1.29, 1.82) is 0 Å². The average Bonchev–Trinajstić information content (AvgIpc) is 3.32. The van der Waals surface area contributed by atoms with E-state index >= 15 is 0 Å². The van der Waals surface area contributed by atoms with Gasteiger partial charge in [-0.2, -0.15) is 0 Å². The molecule has 2 aromatic heterocycles. The Balaban J connectivity index is 1.29. The van der Waals surface area contributed by atoms with Gasteiger partial charge in [-0.05, 0) is 37.3 Å². The lowest BCUT2D eigenvalue weighted by Crippen LogP contribution is -2.36. The molecule has 0 radical (unpaired) electrons. The van der Waals surface area contributed by atoms with Gasteiger partial charge in [-0.3, -0.25) is 9.78 Å². The van der Waals surface area contributed by atoms with Crippen molar-refractivity contribution in [2.75, 3.05) is 5.32 Å². The van der Waals surface area contributed by atoms with E-state index in [2.05, 4.69) is 15.5 Å². The molecule has 7 heteroatoms. The molecular formula is C22H19N3O4. The summed E-state index contributed by atoms with van der Waals surface area (Å²) in [5.74, 6) is -0.161. The summed E-state index contributed by atoms with van der Waals surface area (Å²) in [4.78, 5) is 29.2. The molecule has 1 N–H and O–H groups in total. The quantitative estimate of drug-likeness (QED) is 0.682. The molecule has 1 aromatic carbocycles. The van der Waals surface area contributed by atoms with Crippen molar-refractivity contribution in [3.8, 4) is 11.1 Å². The first-order valence-corrected chi connectivity index (χ1v) is 9.65. The number of carbonyl (C=O) groups is 2. The third kappa shape index (κ3) is 2.99. The van der Waals surface area contributed by atoms with Crippen LogP contribution in [0.3, 0.4) is 0 Å². The largest absolute Gasteiger partial charge is 0.450 e. The summed E-state index contributed by atoms with van der Waals surface area (Å²) in [6.07, 6.45) is 7.27. The monoisotopic (exact) mass is 389 g/mol. The molecule has 3 heterocycles. The molecule has 3 aromatic rings. The van der Waals surface area contributed by atoms with Crippen molar-refractivity contribution in [3.63, 3.8) is 0 Å². The molecule has 146 valence electrons. The normalized spacial score (nSPS) is 22.9. The van der Waals surface area contributed by atoms with Gasteiger partial charge in [-0.1, -0.05) is 35.5 Å². The van der Waals surface area contributed by atoms with Crippen LogP contribution in [0.1, 0.15) is 41.6 Å². The molecule has 5 rings (SSSR count). The van der Waals surface area contributed by atoms with Crippen LogP contribution in [-0.4, -0.2) is 22.0 Å². The first kappa shape index (κ1) is 17.6. The highest BCUT2D eigenvalue weighted by molar-refractivity contribution is 5.96. The molecule has 1 fully saturated rings. The number of ether oxygens (including phenoxy) is 1. The van der Waals surface area contributed by atoms with Gasteiger partial charge in [-0.15, -0.1) is 0 Å². The van der Waals surface area contributed by atoms with Crippen LogP contribution >= 0.6 is 0 Å². The van der Waals surface area contributed by atoms with Gasteiger partial charge < -0.3 is 14.6 Å². The highest BCUT2D eigenvalue weighted by atomic mass is 16.6. The van der Waals surface area contributed by atoms with Crippen molar-refractivity contribution in [3.05, 3.63) is 66.2 Å². The van der Waals surface area contributed by atoms with Gasteiger partial charge in [0.05, 0.1) is 11.1 Å². The number of amides is 1. The maximum Gasteiger partial charge on any atom is 0.339 e. The Labute approximate surface area is 167 Å². The number of hydrogen-bond donors (Lipinski definition) is 1. The SMILES string of the molecule is O=C1OC2(CCC(C(=O)Nc3nocc3-c3ccccc3)CC2)c2cnccc21. The predicted octanol–water partition coefficient (Wildman–Crippen LogP) is 3.93. The first-order chi connectivity index (χ1) is 14.2. The van der Waals surface area contributed by atoms with Gasteiger partial charge in [0.1, 0.15) is 11.9 Å². The molecule has 1 aliphatic carbocycles. The van der Waals surface area contributed by atoms with E-state index in [-0.39, 0.29) is 17.8 Å². The van der Waals surface area contributed by atoms with Gasteiger partial charge in [-0.25, -0.2) is 4.79 Å². The lowest BCUT2D eigenvalue weighted by molar-refractivity contribution is -0.122. The second-order valence-corrected chi connectivity index (χ2v) is 7.51. The molecule has 0 atom stereocenters. The standard InChI is InChI=1S/C22H19N3O4/c26-20(24-19-17(13-28-25-19)14-4-2-1-3-5-14)15-6-9-22(10-7-15)18-12-23-11-8-16(18)21(27)29-22/h1-5,8,11-13,15H,6-7,9-10H2,(H,24,25,26). The first-order valence-electron chi connectivity index (χ1n) is 9.65. The second kappa shape index (κ2) is 6.84. The Hall–Kier alpha value is -3.48. The lowest BCUT2D eigenvalue weighted by atomic mass is 9.75. The summed E-state index contributed by atoms with van der Waals surface area (Å²) in [5.41, 5.74) is 2.44. The van der Waals surface area contributed by atoms with Crippen LogP contribution in [0.25, 0.3) is 11.1 Å². The Morgan fingerprint density at radius 2 is 1.90 bits per heavy atom. The average molecular weight is 389 g/mol. The number of hydrogen-bond acceptors (Lipinski definition) is 6. The number of benzene rings is 1. The summed E-state index contributed by atoms with van der Waals surface area (Å²) in [6.45, 7) is 0. The highest BCUT2D eigenvalue weighted by Gasteiger charge is 2.48. The predicted molar refractivity (Wildman–Crippen MR) is 104 cm³/mol. The molecular weight excluding hydrogens is 370 g/mol. The van der Waals surface area contributed by atoms with Crippen LogP contribution in [0.2, 0.25) is 0 Å². The van der Waals surface area contributed by atoms with Crippen molar-refractivity contribution >= 4 is 17.7 Å². The molecule has 0 saturated heterocycles. The van der Waals surface area contributed by atoms with Crippen LogP contribution in [0.5, 0.6) is 0 Å². The van der Waals surface area contributed by atoms with Crippen LogP contribution in [-0.2, 0) is 15.1 Å². The van der Waals surface area contributed by atoms with Crippen LogP contribution in [0.15, 0.2) is 59.6 Å². The van der Waals surface area contributed by atoms with Crippen molar-refractivity contribution in [2.24, 2.45) is 5.92 Å².